The number of hydrogen-bond donors (Lipinski definition) is 2. The first-order chi connectivity index (χ1) is 15.6. The average Bonchev–Trinajstić information content (AvgIpc) is 2.84. The second-order valence-corrected chi connectivity index (χ2v) is 7.39. The minimum absolute atomic E-state index is 0.114. The first-order valence-electron chi connectivity index (χ1n) is 10.5. The predicted octanol–water partition coefficient (Wildman–Crippen LogP) is 4.20. The van der Waals surface area contributed by atoms with Crippen LogP contribution < -0.4 is 9.47 Å². The van der Waals surface area contributed by atoms with Crippen LogP contribution in [-0.2, 0) is 22.7 Å². The third kappa shape index (κ3) is 6.80. The molecule has 0 aromatic heterocycles. The molecular weight excluding hydrogens is 408 g/mol. The topological polar surface area (TPSA) is 77.4 Å². The molecule has 0 radical (unpaired) electrons. The van der Waals surface area contributed by atoms with Crippen molar-refractivity contribution >= 4 is 0 Å². The van der Waals surface area contributed by atoms with Gasteiger partial charge in [-0.2, -0.15) is 0 Å². The molecule has 170 valence electrons. The van der Waals surface area contributed by atoms with Crippen molar-refractivity contribution in [2.24, 2.45) is 0 Å². The van der Waals surface area contributed by atoms with Crippen LogP contribution in [0.3, 0.4) is 0 Å². The van der Waals surface area contributed by atoms with Gasteiger partial charge in [0.25, 0.3) is 0 Å². The van der Waals surface area contributed by atoms with E-state index in [1.54, 1.807) is 26.4 Å². The van der Waals surface area contributed by atoms with E-state index in [-0.39, 0.29) is 13.2 Å². The molecule has 3 aromatic rings. The van der Waals surface area contributed by atoms with Gasteiger partial charge in [0.05, 0.1) is 40.6 Å². The first kappa shape index (κ1) is 23.8. The highest BCUT2D eigenvalue weighted by atomic mass is 16.5. The Labute approximate surface area is 189 Å². The van der Waals surface area contributed by atoms with Gasteiger partial charge in [0.2, 0.25) is 0 Å². The number of ether oxygens (including phenoxy) is 4. The number of methoxy groups -OCH3 is 2. The molecule has 6 heteroatoms. The number of rotatable bonds is 12. The van der Waals surface area contributed by atoms with Gasteiger partial charge >= 0.3 is 0 Å². The second-order valence-electron chi connectivity index (χ2n) is 7.39. The molecule has 2 atom stereocenters. The van der Waals surface area contributed by atoms with Crippen molar-refractivity contribution in [3.8, 4) is 11.5 Å². The van der Waals surface area contributed by atoms with Crippen molar-refractivity contribution in [1.82, 2.24) is 0 Å². The predicted molar refractivity (Wildman–Crippen MR) is 122 cm³/mol. The van der Waals surface area contributed by atoms with Gasteiger partial charge in [0, 0.05) is 0 Å². The minimum atomic E-state index is -0.860. The zero-order valence-electron chi connectivity index (χ0n) is 18.4. The van der Waals surface area contributed by atoms with E-state index in [1.807, 2.05) is 60.7 Å². The minimum Gasteiger partial charge on any atom is -0.497 e. The van der Waals surface area contributed by atoms with E-state index in [2.05, 4.69) is 0 Å². The molecule has 0 bridgehead atoms. The molecule has 0 spiro atoms. The number of hydrogen-bond acceptors (Lipinski definition) is 6. The quantitative estimate of drug-likeness (QED) is 0.441. The van der Waals surface area contributed by atoms with E-state index in [9.17, 15) is 10.2 Å². The SMILES string of the molecule is COc1ccc(COCC(O)c2ccccc2C(O)COCc2ccc(OC)cc2)cc1. The van der Waals surface area contributed by atoms with E-state index >= 15 is 0 Å². The Morgan fingerprint density at radius 1 is 0.594 bits per heavy atom. The van der Waals surface area contributed by atoms with Gasteiger partial charge in [-0.25, -0.2) is 0 Å². The fourth-order valence-electron chi connectivity index (χ4n) is 3.32. The number of aliphatic hydroxyl groups is 2. The van der Waals surface area contributed by atoms with Crippen LogP contribution in [0.5, 0.6) is 11.5 Å². The number of benzene rings is 3. The fraction of sp³-hybridized carbons (Fsp3) is 0.308. The van der Waals surface area contributed by atoms with E-state index in [0.29, 0.717) is 24.3 Å². The molecule has 2 unspecified atom stereocenters. The van der Waals surface area contributed by atoms with Gasteiger partial charge in [0.15, 0.2) is 0 Å². The van der Waals surface area contributed by atoms with Gasteiger partial charge in [-0.15, -0.1) is 0 Å². The summed E-state index contributed by atoms with van der Waals surface area (Å²) in [5.41, 5.74) is 3.22. The van der Waals surface area contributed by atoms with Gasteiger partial charge in [-0.3, -0.25) is 0 Å². The van der Waals surface area contributed by atoms with Crippen LogP contribution in [0.25, 0.3) is 0 Å². The largest absolute Gasteiger partial charge is 0.497 e. The van der Waals surface area contributed by atoms with Crippen molar-refractivity contribution in [2.75, 3.05) is 27.4 Å². The van der Waals surface area contributed by atoms with E-state index in [0.717, 1.165) is 22.6 Å². The highest BCUT2D eigenvalue weighted by Crippen LogP contribution is 2.25. The van der Waals surface area contributed by atoms with Crippen molar-refractivity contribution in [1.29, 1.82) is 0 Å². The van der Waals surface area contributed by atoms with Gasteiger partial charge < -0.3 is 29.2 Å². The maximum atomic E-state index is 10.7. The lowest BCUT2D eigenvalue weighted by molar-refractivity contribution is 0.0158. The normalized spacial score (nSPS) is 12.9. The molecular formula is C26H30O6. The molecule has 3 rings (SSSR count). The second kappa shape index (κ2) is 12.2. The van der Waals surface area contributed by atoms with Crippen LogP contribution in [0, 0.1) is 0 Å². The lowest BCUT2D eigenvalue weighted by atomic mass is 9.98. The molecule has 0 aliphatic carbocycles. The van der Waals surface area contributed by atoms with Crippen molar-refractivity contribution < 1.29 is 29.2 Å². The zero-order valence-corrected chi connectivity index (χ0v) is 18.4. The summed E-state index contributed by atoms with van der Waals surface area (Å²) in [4.78, 5) is 0. The lowest BCUT2D eigenvalue weighted by Gasteiger charge is -2.19. The van der Waals surface area contributed by atoms with Crippen LogP contribution in [0.1, 0.15) is 34.5 Å². The molecule has 0 saturated heterocycles. The van der Waals surface area contributed by atoms with Crippen molar-refractivity contribution in [2.45, 2.75) is 25.4 Å². The molecule has 32 heavy (non-hydrogen) atoms. The molecule has 3 aromatic carbocycles. The van der Waals surface area contributed by atoms with E-state index in [4.69, 9.17) is 18.9 Å². The maximum absolute atomic E-state index is 10.7. The summed E-state index contributed by atoms with van der Waals surface area (Å²) in [5.74, 6) is 1.57. The summed E-state index contributed by atoms with van der Waals surface area (Å²) in [7, 11) is 3.25. The lowest BCUT2D eigenvalue weighted by Crippen LogP contribution is -2.14. The summed E-state index contributed by atoms with van der Waals surface area (Å²) >= 11 is 0. The van der Waals surface area contributed by atoms with Crippen LogP contribution in [0.15, 0.2) is 72.8 Å². The Morgan fingerprint density at radius 3 is 1.31 bits per heavy atom. The molecule has 0 fully saturated rings. The van der Waals surface area contributed by atoms with Gasteiger partial charge in [0.1, 0.15) is 23.7 Å². The van der Waals surface area contributed by atoms with Crippen LogP contribution in [-0.4, -0.2) is 37.6 Å². The smallest absolute Gasteiger partial charge is 0.118 e. The van der Waals surface area contributed by atoms with E-state index < -0.39 is 12.2 Å². The van der Waals surface area contributed by atoms with Crippen LogP contribution in [0.2, 0.25) is 0 Å². The third-order valence-corrected chi connectivity index (χ3v) is 5.12. The summed E-state index contributed by atoms with van der Waals surface area (Å²) in [5, 5.41) is 21.3. The molecule has 0 amide bonds. The van der Waals surface area contributed by atoms with Crippen molar-refractivity contribution in [3.05, 3.63) is 95.1 Å². The van der Waals surface area contributed by atoms with Crippen molar-refractivity contribution in [3.63, 3.8) is 0 Å². The van der Waals surface area contributed by atoms with Gasteiger partial charge in [-0.1, -0.05) is 48.5 Å². The fourth-order valence-corrected chi connectivity index (χ4v) is 3.32. The molecule has 6 nitrogen and oxygen atoms in total. The Balaban J connectivity index is 1.51. The standard InChI is InChI=1S/C26H30O6/c1-29-21-11-7-19(8-12-21)15-31-17-25(27)23-5-3-4-6-24(23)26(28)18-32-16-20-9-13-22(30-2)14-10-20/h3-14,25-28H,15-18H2,1-2H3. The number of aliphatic hydroxyl groups excluding tert-OH is 2. The summed E-state index contributed by atoms with van der Waals surface area (Å²) < 4.78 is 21.7. The highest BCUT2D eigenvalue weighted by molar-refractivity contribution is 5.31. The van der Waals surface area contributed by atoms with Crippen LogP contribution in [0.4, 0.5) is 0 Å². The Bertz CT molecular complexity index is 861. The Kier molecular flexibility index (Phi) is 9.07. The highest BCUT2D eigenvalue weighted by Gasteiger charge is 2.18. The molecule has 0 aliphatic rings. The summed E-state index contributed by atoms with van der Waals surface area (Å²) in [6.45, 7) is 0.971. The molecule has 0 heterocycles. The Morgan fingerprint density at radius 2 is 0.969 bits per heavy atom. The molecule has 0 saturated carbocycles. The van der Waals surface area contributed by atoms with E-state index in [1.165, 1.54) is 0 Å². The maximum Gasteiger partial charge on any atom is 0.118 e. The molecule has 0 aliphatic heterocycles. The summed E-state index contributed by atoms with van der Waals surface area (Å²) in [6, 6.07) is 22.4. The van der Waals surface area contributed by atoms with Gasteiger partial charge in [-0.05, 0) is 46.5 Å². The molecule has 2 N–H and O–H groups in total. The first-order valence-corrected chi connectivity index (χ1v) is 10.5. The third-order valence-electron chi connectivity index (χ3n) is 5.12. The monoisotopic (exact) mass is 438 g/mol. The Hall–Kier alpha value is -2.90. The average molecular weight is 439 g/mol. The summed E-state index contributed by atoms with van der Waals surface area (Å²) in [6.07, 6.45) is -1.72. The zero-order chi connectivity index (χ0) is 22.8. The van der Waals surface area contributed by atoms with Crippen LogP contribution >= 0.6 is 0 Å².